The van der Waals surface area contributed by atoms with E-state index >= 15 is 0 Å². The van der Waals surface area contributed by atoms with Crippen LogP contribution >= 0.6 is 0 Å². The van der Waals surface area contributed by atoms with E-state index in [1.165, 1.54) is 25.1 Å². The van der Waals surface area contributed by atoms with Gasteiger partial charge in [0.1, 0.15) is 6.61 Å². The first-order valence-electron chi connectivity index (χ1n) is 10.6. The summed E-state index contributed by atoms with van der Waals surface area (Å²) >= 11 is 0. The largest absolute Gasteiger partial charge is 0.486 e. The van der Waals surface area contributed by atoms with Crippen LogP contribution in [0.15, 0.2) is 48.5 Å². The Bertz CT molecular complexity index is 1070. The van der Waals surface area contributed by atoms with E-state index < -0.39 is 23.3 Å². The normalized spacial score (nSPS) is 14.6. The number of halogens is 4. The van der Waals surface area contributed by atoms with Crippen LogP contribution in [-0.2, 0) is 6.61 Å². The zero-order valence-corrected chi connectivity index (χ0v) is 17.4. The van der Waals surface area contributed by atoms with Crippen molar-refractivity contribution >= 4 is 0 Å². The van der Waals surface area contributed by atoms with Gasteiger partial charge in [0, 0.05) is 5.56 Å². The number of hydrogen-bond acceptors (Lipinski definition) is 1. The summed E-state index contributed by atoms with van der Waals surface area (Å²) in [5.74, 6) is -3.60. The molecule has 1 fully saturated rings. The van der Waals surface area contributed by atoms with Crippen LogP contribution in [0.25, 0.3) is 11.1 Å². The molecule has 0 atom stereocenters. The topological polar surface area (TPSA) is 9.23 Å². The Balaban J connectivity index is 1.46. The summed E-state index contributed by atoms with van der Waals surface area (Å²) < 4.78 is 62.6. The SMILES string of the molecule is Cc1ccc(-c2ccc(COc3ccc(C4CCCCC4)c(F)c3F)cc2)c(F)c1F. The Hall–Kier alpha value is -2.82. The van der Waals surface area contributed by atoms with Gasteiger partial charge >= 0.3 is 0 Å². The maximum absolute atomic E-state index is 14.6. The lowest BCUT2D eigenvalue weighted by atomic mass is 9.84. The Morgan fingerprint density at radius 3 is 2.16 bits per heavy atom. The molecule has 3 aromatic carbocycles. The predicted molar refractivity (Wildman–Crippen MR) is 113 cm³/mol. The average molecular weight is 428 g/mol. The summed E-state index contributed by atoms with van der Waals surface area (Å²) in [6.45, 7) is 1.54. The van der Waals surface area contributed by atoms with Gasteiger partial charge in [0.05, 0.1) is 0 Å². The summed E-state index contributed by atoms with van der Waals surface area (Å²) in [5.41, 5.74) is 2.07. The van der Waals surface area contributed by atoms with Crippen LogP contribution in [0.5, 0.6) is 5.75 Å². The van der Waals surface area contributed by atoms with Gasteiger partial charge < -0.3 is 4.74 Å². The number of benzene rings is 3. The van der Waals surface area contributed by atoms with Crippen molar-refractivity contribution in [1.29, 1.82) is 0 Å². The molecule has 0 spiro atoms. The molecule has 1 aliphatic carbocycles. The fourth-order valence-corrected chi connectivity index (χ4v) is 4.20. The van der Waals surface area contributed by atoms with Crippen molar-refractivity contribution in [2.24, 2.45) is 0 Å². The average Bonchev–Trinajstić information content (AvgIpc) is 2.80. The smallest absolute Gasteiger partial charge is 0.200 e. The molecule has 0 aliphatic heterocycles. The summed E-state index contributed by atoms with van der Waals surface area (Å²) in [7, 11) is 0. The minimum atomic E-state index is -0.961. The van der Waals surface area contributed by atoms with Crippen molar-refractivity contribution < 1.29 is 22.3 Å². The number of rotatable bonds is 5. The third-order valence-corrected chi connectivity index (χ3v) is 6.06. The first-order valence-corrected chi connectivity index (χ1v) is 10.6. The number of ether oxygens (including phenoxy) is 1. The quantitative estimate of drug-likeness (QED) is 0.376. The molecule has 0 aromatic heterocycles. The van der Waals surface area contributed by atoms with Gasteiger partial charge in [-0.25, -0.2) is 13.2 Å². The highest BCUT2D eigenvalue weighted by Gasteiger charge is 2.23. The van der Waals surface area contributed by atoms with E-state index in [2.05, 4.69) is 0 Å². The molecular weight excluding hydrogens is 404 g/mol. The van der Waals surface area contributed by atoms with Gasteiger partial charge in [-0.05, 0) is 54.0 Å². The lowest BCUT2D eigenvalue weighted by molar-refractivity contribution is 0.283. The highest BCUT2D eigenvalue weighted by atomic mass is 19.2. The van der Waals surface area contributed by atoms with Gasteiger partial charge in [-0.2, -0.15) is 4.39 Å². The Kier molecular flexibility index (Phi) is 6.30. The van der Waals surface area contributed by atoms with E-state index in [0.717, 1.165) is 32.1 Å². The zero-order chi connectivity index (χ0) is 22.0. The van der Waals surface area contributed by atoms with Crippen molar-refractivity contribution in [3.8, 4) is 16.9 Å². The van der Waals surface area contributed by atoms with Gasteiger partial charge in [0.25, 0.3) is 0 Å². The second-order valence-corrected chi connectivity index (χ2v) is 8.16. The minimum absolute atomic E-state index is 0.0319. The zero-order valence-electron chi connectivity index (χ0n) is 17.4. The van der Waals surface area contributed by atoms with Crippen LogP contribution in [0.4, 0.5) is 17.6 Å². The lowest BCUT2D eigenvalue weighted by Crippen LogP contribution is -2.09. The Labute approximate surface area is 179 Å². The molecule has 0 bridgehead atoms. The van der Waals surface area contributed by atoms with Crippen molar-refractivity contribution in [2.75, 3.05) is 0 Å². The van der Waals surface area contributed by atoms with Crippen LogP contribution in [0, 0.1) is 30.2 Å². The molecule has 0 amide bonds. The molecule has 1 nitrogen and oxygen atoms in total. The molecule has 0 heterocycles. The summed E-state index contributed by atoms with van der Waals surface area (Å²) in [6.07, 6.45) is 4.99. The van der Waals surface area contributed by atoms with E-state index in [-0.39, 0.29) is 29.4 Å². The summed E-state index contributed by atoms with van der Waals surface area (Å²) in [5, 5.41) is 0. The fraction of sp³-hybridized carbons (Fsp3) is 0.308. The molecule has 0 N–H and O–H groups in total. The lowest BCUT2D eigenvalue weighted by Gasteiger charge is -2.23. The summed E-state index contributed by atoms with van der Waals surface area (Å²) in [6, 6.07) is 12.9. The molecule has 1 saturated carbocycles. The van der Waals surface area contributed by atoms with Gasteiger partial charge in [0.2, 0.25) is 5.82 Å². The highest BCUT2D eigenvalue weighted by Crippen LogP contribution is 2.36. The van der Waals surface area contributed by atoms with E-state index in [1.54, 1.807) is 30.3 Å². The first-order chi connectivity index (χ1) is 15.0. The van der Waals surface area contributed by atoms with Crippen LogP contribution in [0.1, 0.15) is 54.7 Å². The van der Waals surface area contributed by atoms with Gasteiger partial charge in [-0.3, -0.25) is 0 Å². The minimum Gasteiger partial charge on any atom is -0.486 e. The maximum atomic E-state index is 14.6. The van der Waals surface area contributed by atoms with Gasteiger partial charge in [-0.1, -0.05) is 61.7 Å². The predicted octanol–water partition coefficient (Wildman–Crippen LogP) is 7.85. The van der Waals surface area contributed by atoms with Crippen LogP contribution < -0.4 is 4.74 Å². The Morgan fingerprint density at radius 1 is 0.742 bits per heavy atom. The third kappa shape index (κ3) is 4.46. The number of aryl methyl sites for hydroxylation is 1. The van der Waals surface area contributed by atoms with Gasteiger partial charge in [0.15, 0.2) is 23.2 Å². The molecule has 31 heavy (non-hydrogen) atoms. The van der Waals surface area contributed by atoms with Crippen LogP contribution in [0.2, 0.25) is 0 Å². The third-order valence-electron chi connectivity index (χ3n) is 6.06. The molecule has 4 rings (SSSR count). The molecular formula is C26H24F4O. The molecule has 5 heteroatoms. The molecule has 0 unspecified atom stereocenters. The molecule has 0 saturated heterocycles. The second kappa shape index (κ2) is 9.13. The van der Waals surface area contributed by atoms with E-state index in [1.807, 2.05) is 0 Å². The second-order valence-electron chi connectivity index (χ2n) is 8.16. The van der Waals surface area contributed by atoms with E-state index in [0.29, 0.717) is 16.7 Å². The van der Waals surface area contributed by atoms with Gasteiger partial charge in [-0.15, -0.1) is 0 Å². The van der Waals surface area contributed by atoms with E-state index in [9.17, 15) is 17.6 Å². The van der Waals surface area contributed by atoms with Crippen molar-refractivity contribution in [3.05, 3.63) is 88.5 Å². The molecule has 162 valence electrons. The fourth-order valence-electron chi connectivity index (χ4n) is 4.20. The monoisotopic (exact) mass is 428 g/mol. The van der Waals surface area contributed by atoms with E-state index in [4.69, 9.17) is 4.74 Å². The Morgan fingerprint density at radius 2 is 1.45 bits per heavy atom. The molecule has 0 radical (unpaired) electrons. The maximum Gasteiger partial charge on any atom is 0.200 e. The first kappa shape index (κ1) is 21.4. The van der Waals surface area contributed by atoms with Crippen LogP contribution in [0.3, 0.4) is 0 Å². The van der Waals surface area contributed by atoms with Crippen molar-refractivity contribution in [3.63, 3.8) is 0 Å². The van der Waals surface area contributed by atoms with Crippen molar-refractivity contribution in [1.82, 2.24) is 0 Å². The van der Waals surface area contributed by atoms with Crippen molar-refractivity contribution in [2.45, 2.75) is 51.6 Å². The number of hydrogen-bond donors (Lipinski definition) is 0. The standard InChI is InChI=1S/C26H24F4O/c1-16-7-12-20(24(28)23(16)27)19-10-8-17(9-11-19)15-31-22-14-13-21(25(29)26(22)30)18-5-3-2-4-6-18/h7-14,18H,2-6,15H2,1H3. The molecule has 3 aromatic rings. The summed E-state index contributed by atoms with van der Waals surface area (Å²) in [4.78, 5) is 0. The van der Waals surface area contributed by atoms with Crippen LogP contribution in [-0.4, -0.2) is 0 Å². The highest BCUT2D eigenvalue weighted by molar-refractivity contribution is 5.65. The molecule has 1 aliphatic rings.